The zero-order valence-corrected chi connectivity index (χ0v) is 13.0. The van der Waals surface area contributed by atoms with Crippen LogP contribution in [0.15, 0.2) is 0 Å². The van der Waals surface area contributed by atoms with Gasteiger partial charge in [-0.05, 0) is 51.1 Å². The minimum atomic E-state index is -3.27. The molecule has 5 nitrogen and oxygen atoms in total. The molecule has 0 aromatic heterocycles. The van der Waals surface area contributed by atoms with Crippen LogP contribution in [0.1, 0.15) is 39.0 Å². The molecule has 19 heavy (non-hydrogen) atoms. The number of hydrogen-bond acceptors (Lipinski definition) is 3. The minimum Gasteiger partial charge on any atom is -0.317 e. The molecule has 0 aromatic carbocycles. The van der Waals surface area contributed by atoms with Crippen molar-refractivity contribution in [2.24, 2.45) is 5.92 Å². The fourth-order valence-corrected chi connectivity index (χ4v) is 4.85. The van der Waals surface area contributed by atoms with Crippen LogP contribution < -0.4 is 5.32 Å². The first-order valence-electron chi connectivity index (χ1n) is 7.45. The van der Waals surface area contributed by atoms with Crippen molar-refractivity contribution in [3.63, 3.8) is 0 Å². The zero-order valence-electron chi connectivity index (χ0n) is 12.1. The van der Waals surface area contributed by atoms with Crippen LogP contribution in [-0.2, 0) is 10.2 Å². The van der Waals surface area contributed by atoms with Crippen molar-refractivity contribution < 1.29 is 8.42 Å². The Bertz CT molecular complexity index is 377. The number of nitrogens with one attached hydrogen (secondary N) is 1. The SMILES string of the molecule is CC1CCCN(S(=O)(=O)N(C)C2CCCNCC2)C1. The fraction of sp³-hybridized carbons (Fsp3) is 1.00. The standard InChI is InChI=1S/C13H27N3O2S/c1-12-5-4-10-16(11-12)19(17,18)15(2)13-6-3-8-14-9-7-13/h12-14H,3-11H2,1-2H3. The van der Waals surface area contributed by atoms with Gasteiger partial charge in [0.2, 0.25) is 0 Å². The molecule has 0 aliphatic carbocycles. The van der Waals surface area contributed by atoms with E-state index in [0.717, 1.165) is 45.2 Å². The molecule has 0 saturated carbocycles. The maximum atomic E-state index is 12.7. The lowest BCUT2D eigenvalue weighted by atomic mass is 10.0. The van der Waals surface area contributed by atoms with E-state index in [1.54, 1.807) is 15.7 Å². The summed E-state index contributed by atoms with van der Waals surface area (Å²) in [6.45, 7) is 5.42. The van der Waals surface area contributed by atoms with Gasteiger partial charge in [-0.1, -0.05) is 6.92 Å². The Hall–Kier alpha value is -0.170. The smallest absolute Gasteiger partial charge is 0.281 e. The van der Waals surface area contributed by atoms with Gasteiger partial charge in [0.25, 0.3) is 10.2 Å². The molecule has 2 fully saturated rings. The van der Waals surface area contributed by atoms with Gasteiger partial charge in [0.1, 0.15) is 0 Å². The topological polar surface area (TPSA) is 52.7 Å². The molecule has 2 aliphatic rings. The van der Waals surface area contributed by atoms with Gasteiger partial charge in [-0.3, -0.25) is 0 Å². The molecule has 2 unspecified atom stereocenters. The summed E-state index contributed by atoms with van der Waals surface area (Å²) in [5, 5.41) is 3.34. The Morgan fingerprint density at radius 2 is 1.95 bits per heavy atom. The van der Waals surface area contributed by atoms with Gasteiger partial charge in [0.15, 0.2) is 0 Å². The van der Waals surface area contributed by atoms with Crippen LogP contribution in [-0.4, -0.2) is 56.3 Å². The van der Waals surface area contributed by atoms with Gasteiger partial charge < -0.3 is 5.32 Å². The van der Waals surface area contributed by atoms with Gasteiger partial charge in [-0.25, -0.2) is 0 Å². The van der Waals surface area contributed by atoms with Crippen LogP contribution in [0.25, 0.3) is 0 Å². The highest BCUT2D eigenvalue weighted by Gasteiger charge is 2.34. The first-order chi connectivity index (χ1) is 9.01. The predicted molar refractivity (Wildman–Crippen MR) is 77.2 cm³/mol. The largest absolute Gasteiger partial charge is 0.317 e. The van der Waals surface area contributed by atoms with Crippen LogP contribution in [0.5, 0.6) is 0 Å². The molecule has 2 aliphatic heterocycles. The minimum absolute atomic E-state index is 0.150. The molecule has 0 radical (unpaired) electrons. The van der Waals surface area contributed by atoms with Gasteiger partial charge in [0.05, 0.1) is 0 Å². The second-order valence-corrected chi connectivity index (χ2v) is 7.95. The van der Waals surface area contributed by atoms with E-state index in [1.807, 2.05) is 0 Å². The number of hydrogen-bond donors (Lipinski definition) is 1. The molecule has 2 saturated heterocycles. The average molecular weight is 289 g/mol. The number of rotatable bonds is 3. The zero-order chi connectivity index (χ0) is 13.9. The van der Waals surface area contributed by atoms with E-state index in [4.69, 9.17) is 0 Å². The molecule has 112 valence electrons. The molecule has 0 bridgehead atoms. The van der Waals surface area contributed by atoms with E-state index < -0.39 is 10.2 Å². The molecule has 0 aromatic rings. The molecular weight excluding hydrogens is 262 g/mol. The van der Waals surface area contributed by atoms with E-state index in [2.05, 4.69) is 12.2 Å². The van der Waals surface area contributed by atoms with E-state index in [0.29, 0.717) is 19.0 Å². The Morgan fingerprint density at radius 3 is 2.68 bits per heavy atom. The first-order valence-corrected chi connectivity index (χ1v) is 8.85. The lowest BCUT2D eigenvalue weighted by Crippen LogP contribution is -2.49. The van der Waals surface area contributed by atoms with Crippen molar-refractivity contribution in [1.29, 1.82) is 0 Å². The molecule has 2 rings (SSSR count). The third-order valence-corrected chi connectivity index (χ3v) is 6.38. The fourth-order valence-electron chi connectivity index (χ4n) is 3.09. The summed E-state index contributed by atoms with van der Waals surface area (Å²) in [4.78, 5) is 0. The highest BCUT2D eigenvalue weighted by Crippen LogP contribution is 2.23. The van der Waals surface area contributed by atoms with Gasteiger partial charge >= 0.3 is 0 Å². The van der Waals surface area contributed by atoms with E-state index in [-0.39, 0.29) is 6.04 Å². The first kappa shape index (κ1) is 15.2. The summed E-state index contributed by atoms with van der Waals surface area (Å²) in [5.74, 6) is 0.479. The summed E-state index contributed by atoms with van der Waals surface area (Å²) in [6, 6.07) is 0.150. The van der Waals surface area contributed by atoms with E-state index in [9.17, 15) is 8.42 Å². The van der Waals surface area contributed by atoms with Crippen molar-refractivity contribution in [2.45, 2.75) is 45.1 Å². The van der Waals surface area contributed by atoms with Gasteiger partial charge in [0, 0.05) is 26.2 Å². The lowest BCUT2D eigenvalue weighted by molar-refractivity contribution is 0.246. The summed E-state index contributed by atoms with van der Waals surface area (Å²) in [5.41, 5.74) is 0. The summed E-state index contributed by atoms with van der Waals surface area (Å²) >= 11 is 0. The van der Waals surface area contributed by atoms with Gasteiger partial charge in [-0.2, -0.15) is 17.0 Å². The normalized spacial score (nSPS) is 31.3. The highest BCUT2D eigenvalue weighted by molar-refractivity contribution is 7.86. The summed E-state index contributed by atoms with van der Waals surface area (Å²) < 4.78 is 28.7. The van der Waals surface area contributed by atoms with Crippen molar-refractivity contribution >= 4 is 10.2 Å². The van der Waals surface area contributed by atoms with Crippen molar-refractivity contribution in [1.82, 2.24) is 13.9 Å². The number of nitrogens with zero attached hydrogens (tertiary/aromatic N) is 2. The summed E-state index contributed by atoms with van der Waals surface area (Å²) in [6.07, 6.45) is 5.07. The molecule has 2 atom stereocenters. The Balaban J connectivity index is 2.04. The molecular formula is C13H27N3O2S. The van der Waals surface area contributed by atoms with Crippen LogP contribution in [0.3, 0.4) is 0 Å². The average Bonchev–Trinajstić information content (AvgIpc) is 2.66. The maximum Gasteiger partial charge on any atom is 0.281 e. The second-order valence-electron chi connectivity index (χ2n) is 5.96. The molecule has 0 amide bonds. The van der Waals surface area contributed by atoms with Crippen molar-refractivity contribution in [3.05, 3.63) is 0 Å². The predicted octanol–water partition coefficient (Wildman–Crippen LogP) is 1.04. The van der Waals surface area contributed by atoms with Crippen molar-refractivity contribution in [2.75, 3.05) is 33.2 Å². The number of piperidine rings is 1. The van der Waals surface area contributed by atoms with E-state index in [1.165, 1.54) is 0 Å². The highest BCUT2D eigenvalue weighted by atomic mass is 32.2. The molecule has 2 heterocycles. The molecule has 1 N–H and O–H groups in total. The maximum absolute atomic E-state index is 12.7. The monoisotopic (exact) mass is 289 g/mol. The molecule has 6 heteroatoms. The lowest BCUT2D eigenvalue weighted by Gasteiger charge is -2.35. The third kappa shape index (κ3) is 3.68. The van der Waals surface area contributed by atoms with Gasteiger partial charge in [-0.15, -0.1) is 0 Å². The Morgan fingerprint density at radius 1 is 1.16 bits per heavy atom. The Labute approximate surface area is 117 Å². The van der Waals surface area contributed by atoms with Crippen LogP contribution in [0, 0.1) is 5.92 Å². The third-order valence-electron chi connectivity index (χ3n) is 4.37. The van der Waals surface area contributed by atoms with Crippen LogP contribution >= 0.6 is 0 Å². The van der Waals surface area contributed by atoms with Crippen LogP contribution in [0.4, 0.5) is 0 Å². The van der Waals surface area contributed by atoms with E-state index >= 15 is 0 Å². The Kier molecular flexibility index (Phi) is 5.22. The summed E-state index contributed by atoms with van der Waals surface area (Å²) in [7, 11) is -1.52. The second kappa shape index (κ2) is 6.52. The quantitative estimate of drug-likeness (QED) is 0.844. The molecule has 0 spiro atoms. The van der Waals surface area contributed by atoms with Crippen molar-refractivity contribution in [3.8, 4) is 0 Å². The van der Waals surface area contributed by atoms with Crippen LogP contribution in [0.2, 0.25) is 0 Å².